The van der Waals surface area contributed by atoms with Gasteiger partial charge in [-0.1, -0.05) is 12.1 Å². The SMILES string of the molecule is COc1ccc(CCNC(=O)C(C)(C)n2nc(-c3ccc4c(c3)OCO4)ccc2=O)cc1. The monoisotopic (exact) mass is 435 g/mol. The van der Waals surface area contributed by atoms with Crippen LogP contribution in [-0.4, -0.2) is 36.1 Å². The summed E-state index contributed by atoms with van der Waals surface area (Å²) >= 11 is 0. The van der Waals surface area contributed by atoms with Crippen molar-refractivity contribution in [2.75, 3.05) is 20.4 Å². The first kappa shape index (κ1) is 21.4. The van der Waals surface area contributed by atoms with Crippen molar-refractivity contribution in [2.24, 2.45) is 0 Å². The summed E-state index contributed by atoms with van der Waals surface area (Å²) in [5.74, 6) is 1.78. The van der Waals surface area contributed by atoms with Crippen molar-refractivity contribution in [3.05, 3.63) is 70.5 Å². The normalized spacial score (nSPS) is 12.5. The van der Waals surface area contributed by atoms with Crippen molar-refractivity contribution in [1.82, 2.24) is 15.1 Å². The molecule has 1 aromatic heterocycles. The van der Waals surface area contributed by atoms with Crippen LogP contribution < -0.4 is 25.1 Å². The Morgan fingerprint density at radius 3 is 2.59 bits per heavy atom. The molecule has 2 heterocycles. The minimum absolute atomic E-state index is 0.176. The van der Waals surface area contributed by atoms with Gasteiger partial charge in [0.1, 0.15) is 11.3 Å². The maximum atomic E-state index is 12.9. The molecular weight excluding hydrogens is 410 g/mol. The minimum atomic E-state index is -1.18. The van der Waals surface area contributed by atoms with E-state index in [1.54, 1.807) is 39.2 Å². The summed E-state index contributed by atoms with van der Waals surface area (Å²) in [5.41, 5.74) is 0.859. The largest absolute Gasteiger partial charge is 0.497 e. The quantitative estimate of drug-likeness (QED) is 0.614. The number of aromatic nitrogens is 2. The molecular formula is C24H25N3O5. The first-order valence-corrected chi connectivity index (χ1v) is 10.3. The third kappa shape index (κ3) is 4.30. The molecule has 166 valence electrons. The van der Waals surface area contributed by atoms with Crippen molar-refractivity contribution in [1.29, 1.82) is 0 Å². The van der Waals surface area contributed by atoms with E-state index in [0.717, 1.165) is 16.9 Å². The molecule has 2 aromatic carbocycles. The fourth-order valence-corrected chi connectivity index (χ4v) is 3.45. The second kappa shape index (κ2) is 8.74. The maximum absolute atomic E-state index is 12.9. The molecule has 0 saturated heterocycles. The molecule has 0 fully saturated rings. The number of nitrogens with one attached hydrogen (secondary N) is 1. The Hall–Kier alpha value is -3.81. The van der Waals surface area contributed by atoms with Crippen molar-refractivity contribution < 1.29 is 19.0 Å². The van der Waals surface area contributed by atoms with E-state index in [4.69, 9.17) is 14.2 Å². The Balaban J connectivity index is 1.49. The summed E-state index contributed by atoms with van der Waals surface area (Å²) in [7, 11) is 1.62. The molecule has 3 aromatic rings. The van der Waals surface area contributed by atoms with Crippen LogP contribution in [0.25, 0.3) is 11.3 Å². The number of carbonyl (C=O) groups excluding carboxylic acids is 1. The number of hydrogen-bond acceptors (Lipinski definition) is 6. The van der Waals surface area contributed by atoms with E-state index in [1.807, 2.05) is 30.3 Å². The number of rotatable bonds is 7. The summed E-state index contributed by atoms with van der Waals surface area (Å²) in [6.45, 7) is 3.96. The van der Waals surface area contributed by atoms with E-state index in [1.165, 1.54) is 10.7 Å². The van der Waals surface area contributed by atoms with Gasteiger partial charge in [0.25, 0.3) is 5.56 Å². The summed E-state index contributed by atoms with van der Waals surface area (Å²) in [4.78, 5) is 25.5. The van der Waals surface area contributed by atoms with Crippen LogP contribution in [0, 0.1) is 0 Å². The molecule has 1 amide bonds. The molecule has 32 heavy (non-hydrogen) atoms. The lowest BCUT2D eigenvalue weighted by Gasteiger charge is -2.25. The zero-order valence-corrected chi connectivity index (χ0v) is 18.3. The smallest absolute Gasteiger partial charge is 0.267 e. The number of nitrogens with zero attached hydrogens (tertiary/aromatic N) is 2. The van der Waals surface area contributed by atoms with Crippen molar-refractivity contribution >= 4 is 5.91 Å². The summed E-state index contributed by atoms with van der Waals surface area (Å²) in [6.07, 6.45) is 0.658. The van der Waals surface area contributed by atoms with Crippen LogP contribution in [0.1, 0.15) is 19.4 Å². The molecule has 0 spiro atoms. The molecule has 0 atom stereocenters. The summed E-state index contributed by atoms with van der Waals surface area (Å²) in [5, 5.41) is 7.39. The second-order valence-corrected chi connectivity index (χ2v) is 7.95. The first-order chi connectivity index (χ1) is 15.4. The lowest BCUT2D eigenvalue weighted by atomic mass is 10.0. The van der Waals surface area contributed by atoms with Crippen LogP contribution in [0.3, 0.4) is 0 Å². The zero-order chi connectivity index (χ0) is 22.7. The second-order valence-electron chi connectivity index (χ2n) is 7.95. The molecule has 8 nitrogen and oxygen atoms in total. The Morgan fingerprint density at radius 2 is 1.84 bits per heavy atom. The highest BCUT2D eigenvalue weighted by atomic mass is 16.7. The van der Waals surface area contributed by atoms with Gasteiger partial charge in [0, 0.05) is 18.2 Å². The van der Waals surface area contributed by atoms with Gasteiger partial charge in [-0.2, -0.15) is 5.10 Å². The molecule has 4 rings (SSSR count). The summed E-state index contributed by atoms with van der Waals surface area (Å²) < 4.78 is 17.1. The van der Waals surface area contributed by atoms with Crippen LogP contribution in [0.2, 0.25) is 0 Å². The predicted octanol–water partition coefficient (Wildman–Crippen LogP) is 2.74. The van der Waals surface area contributed by atoms with E-state index in [-0.39, 0.29) is 18.3 Å². The number of ether oxygens (including phenoxy) is 3. The molecule has 1 N–H and O–H groups in total. The molecule has 1 aliphatic rings. The van der Waals surface area contributed by atoms with Gasteiger partial charge in [-0.15, -0.1) is 0 Å². The van der Waals surface area contributed by atoms with Crippen molar-refractivity contribution in [2.45, 2.75) is 25.8 Å². The van der Waals surface area contributed by atoms with Gasteiger partial charge in [0.05, 0.1) is 12.8 Å². The van der Waals surface area contributed by atoms with E-state index in [0.29, 0.717) is 30.2 Å². The summed E-state index contributed by atoms with van der Waals surface area (Å²) in [6, 6.07) is 16.2. The molecule has 0 unspecified atom stereocenters. The van der Waals surface area contributed by atoms with Gasteiger partial charge >= 0.3 is 0 Å². The van der Waals surface area contributed by atoms with Gasteiger partial charge in [-0.05, 0) is 62.2 Å². The third-order valence-electron chi connectivity index (χ3n) is 5.41. The van der Waals surface area contributed by atoms with Crippen LogP contribution in [0.15, 0.2) is 59.4 Å². The Kier molecular flexibility index (Phi) is 5.85. The van der Waals surface area contributed by atoms with Crippen LogP contribution in [-0.2, 0) is 16.8 Å². The van der Waals surface area contributed by atoms with Crippen molar-refractivity contribution in [3.63, 3.8) is 0 Å². The van der Waals surface area contributed by atoms with E-state index >= 15 is 0 Å². The molecule has 0 aliphatic carbocycles. The maximum Gasteiger partial charge on any atom is 0.267 e. The average molecular weight is 435 g/mol. The van der Waals surface area contributed by atoms with Gasteiger partial charge in [-0.25, -0.2) is 4.68 Å². The topological polar surface area (TPSA) is 91.7 Å². The number of amides is 1. The lowest BCUT2D eigenvalue weighted by molar-refractivity contribution is -0.128. The molecule has 1 aliphatic heterocycles. The number of benzene rings is 2. The molecule has 0 saturated carbocycles. The number of hydrogen-bond donors (Lipinski definition) is 1. The Bertz CT molecular complexity index is 1180. The van der Waals surface area contributed by atoms with Gasteiger partial charge in [-0.3, -0.25) is 9.59 Å². The molecule has 0 bridgehead atoms. The predicted molar refractivity (Wildman–Crippen MR) is 119 cm³/mol. The highest BCUT2D eigenvalue weighted by Crippen LogP contribution is 2.35. The van der Waals surface area contributed by atoms with E-state index in [2.05, 4.69) is 10.4 Å². The van der Waals surface area contributed by atoms with E-state index < -0.39 is 5.54 Å². The van der Waals surface area contributed by atoms with Gasteiger partial charge < -0.3 is 19.5 Å². The van der Waals surface area contributed by atoms with Gasteiger partial charge in [0.15, 0.2) is 11.5 Å². The van der Waals surface area contributed by atoms with Crippen LogP contribution in [0.5, 0.6) is 17.2 Å². The molecule has 0 radical (unpaired) electrons. The van der Waals surface area contributed by atoms with E-state index in [9.17, 15) is 9.59 Å². The molecule has 8 heteroatoms. The highest BCUT2D eigenvalue weighted by molar-refractivity contribution is 5.83. The highest BCUT2D eigenvalue weighted by Gasteiger charge is 2.32. The lowest BCUT2D eigenvalue weighted by Crippen LogP contribution is -2.50. The third-order valence-corrected chi connectivity index (χ3v) is 5.41. The fraction of sp³-hybridized carbons (Fsp3) is 0.292. The Morgan fingerprint density at radius 1 is 1.09 bits per heavy atom. The average Bonchev–Trinajstić information content (AvgIpc) is 3.27. The zero-order valence-electron chi connectivity index (χ0n) is 18.3. The number of fused-ring (bicyclic) bond motifs is 1. The standard InChI is InChI=1S/C24H25N3O5/c1-24(2,23(29)25-13-12-16-4-7-18(30-3)8-5-16)27-22(28)11-9-19(26-27)17-6-10-20-21(14-17)32-15-31-20/h4-11,14H,12-13,15H2,1-3H3,(H,25,29). The van der Waals surface area contributed by atoms with Gasteiger partial charge in [0.2, 0.25) is 12.7 Å². The van der Waals surface area contributed by atoms with Crippen LogP contribution >= 0.6 is 0 Å². The fourth-order valence-electron chi connectivity index (χ4n) is 3.45. The van der Waals surface area contributed by atoms with Crippen molar-refractivity contribution in [3.8, 4) is 28.5 Å². The van der Waals surface area contributed by atoms with Crippen LogP contribution in [0.4, 0.5) is 0 Å². The first-order valence-electron chi connectivity index (χ1n) is 10.3. The Labute approximate surface area is 185 Å². The number of methoxy groups -OCH3 is 1. The number of carbonyl (C=O) groups is 1. The minimum Gasteiger partial charge on any atom is -0.497 e.